The normalized spacial score (nSPS) is 16.2. The van der Waals surface area contributed by atoms with Gasteiger partial charge in [-0.25, -0.2) is 9.37 Å². The quantitative estimate of drug-likeness (QED) is 0.193. The number of nitrogens with zero attached hydrogens (tertiary/aromatic N) is 2. The van der Waals surface area contributed by atoms with Crippen LogP contribution in [0, 0.1) is 5.82 Å². The number of hydrogen-bond acceptors (Lipinski definition) is 5. The Hall–Kier alpha value is -1.72. The van der Waals surface area contributed by atoms with Crippen molar-refractivity contribution in [3.8, 4) is 11.5 Å². The molecule has 172 valence electrons. The molecule has 2 N–H and O–H groups in total. The average molecular weight is 546 g/mol. The number of rotatable bonds is 11. The second-order valence-corrected chi connectivity index (χ2v) is 7.15. The molecule has 1 unspecified atom stereocenters. The first-order valence-corrected chi connectivity index (χ1v) is 10.7. The average Bonchev–Trinajstić information content (AvgIpc) is 3.43. The zero-order valence-corrected chi connectivity index (χ0v) is 20.3. The molecule has 1 fully saturated rings. The molecule has 1 atom stereocenters. The zero-order chi connectivity index (χ0) is 21.0. The van der Waals surface area contributed by atoms with Crippen LogP contribution in [0.1, 0.15) is 31.9 Å². The van der Waals surface area contributed by atoms with E-state index in [0.717, 1.165) is 49.6 Å². The lowest BCUT2D eigenvalue weighted by Crippen LogP contribution is -2.38. The Balaban J connectivity index is 0.00000341. The standard InChI is InChI=1S/C22H31FN4O3.HI/c1-2-24-22(25-11-4-13-28-16-20-5-3-14-29-20)26-12-10-19-15-30-21(27-19)17-6-8-18(23)9-7-17;/h6-9,15,20H,2-5,10-14,16H2,1H3,(H2,24,25,26);1H. The van der Waals surface area contributed by atoms with Crippen LogP contribution in [-0.2, 0) is 15.9 Å². The minimum absolute atomic E-state index is 0. The Kier molecular flexibility index (Phi) is 11.8. The number of aliphatic imine (C=N–C) groups is 1. The highest BCUT2D eigenvalue weighted by Crippen LogP contribution is 2.19. The van der Waals surface area contributed by atoms with Gasteiger partial charge in [-0.05, 0) is 50.5 Å². The minimum Gasteiger partial charge on any atom is -0.444 e. The molecule has 0 saturated carbocycles. The lowest BCUT2D eigenvalue weighted by Gasteiger charge is -2.11. The van der Waals surface area contributed by atoms with Crippen LogP contribution in [0.25, 0.3) is 11.5 Å². The molecule has 9 heteroatoms. The fraction of sp³-hybridized carbons (Fsp3) is 0.545. The topological polar surface area (TPSA) is 80.9 Å². The third kappa shape index (κ3) is 9.12. The number of nitrogens with one attached hydrogen (secondary N) is 2. The zero-order valence-electron chi connectivity index (χ0n) is 17.9. The first kappa shape index (κ1) is 25.5. The number of ether oxygens (including phenoxy) is 2. The van der Waals surface area contributed by atoms with Crippen LogP contribution < -0.4 is 10.6 Å². The molecule has 0 bridgehead atoms. The Morgan fingerprint density at radius 1 is 1.29 bits per heavy atom. The summed E-state index contributed by atoms with van der Waals surface area (Å²) in [6, 6.07) is 6.11. The van der Waals surface area contributed by atoms with Crippen molar-refractivity contribution >= 4 is 29.9 Å². The van der Waals surface area contributed by atoms with Crippen LogP contribution in [0.2, 0.25) is 0 Å². The molecule has 0 amide bonds. The van der Waals surface area contributed by atoms with E-state index in [4.69, 9.17) is 13.9 Å². The van der Waals surface area contributed by atoms with Gasteiger partial charge in [-0.15, -0.1) is 24.0 Å². The fourth-order valence-electron chi connectivity index (χ4n) is 3.15. The molecule has 0 aliphatic carbocycles. The third-order valence-electron chi connectivity index (χ3n) is 4.71. The Bertz CT molecular complexity index is 779. The van der Waals surface area contributed by atoms with Crippen molar-refractivity contribution in [2.24, 2.45) is 4.99 Å². The Morgan fingerprint density at radius 2 is 2.13 bits per heavy atom. The van der Waals surface area contributed by atoms with Gasteiger partial charge in [0.15, 0.2) is 5.96 Å². The van der Waals surface area contributed by atoms with E-state index in [1.54, 1.807) is 18.4 Å². The van der Waals surface area contributed by atoms with Gasteiger partial charge in [0.25, 0.3) is 0 Å². The highest BCUT2D eigenvalue weighted by atomic mass is 127. The van der Waals surface area contributed by atoms with Crippen molar-refractivity contribution in [2.45, 2.75) is 38.7 Å². The molecule has 1 aliphatic heterocycles. The van der Waals surface area contributed by atoms with Gasteiger partial charge in [0.05, 0.1) is 18.4 Å². The number of aromatic nitrogens is 1. The van der Waals surface area contributed by atoms with Crippen LogP contribution in [-0.4, -0.2) is 56.5 Å². The second kappa shape index (κ2) is 14.4. The highest BCUT2D eigenvalue weighted by molar-refractivity contribution is 14.0. The summed E-state index contributed by atoms with van der Waals surface area (Å²) in [6.07, 6.45) is 5.71. The molecule has 0 spiro atoms. The molecule has 1 aromatic carbocycles. The fourth-order valence-corrected chi connectivity index (χ4v) is 3.15. The van der Waals surface area contributed by atoms with E-state index in [0.29, 0.717) is 38.6 Å². The van der Waals surface area contributed by atoms with Gasteiger partial charge in [0, 0.05) is 44.8 Å². The Morgan fingerprint density at radius 3 is 2.87 bits per heavy atom. The largest absolute Gasteiger partial charge is 0.444 e. The van der Waals surface area contributed by atoms with Crippen LogP contribution in [0.15, 0.2) is 39.9 Å². The summed E-state index contributed by atoms with van der Waals surface area (Å²) < 4.78 is 29.8. The van der Waals surface area contributed by atoms with Crippen molar-refractivity contribution in [1.29, 1.82) is 0 Å². The number of oxazole rings is 1. The predicted molar refractivity (Wildman–Crippen MR) is 129 cm³/mol. The highest BCUT2D eigenvalue weighted by Gasteiger charge is 2.14. The predicted octanol–water partition coefficient (Wildman–Crippen LogP) is 3.78. The molecular formula is C22H32FIN4O3. The summed E-state index contributed by atoms with van der Waals surface area (Å²) in [5.74, 6) is 0.992. The van der Waals surface area contributed by atoms with Gasteiger partial charge < -0.3 is 24.5 Å². The maximum absolute atomic E-state index is 13.0. The molecule has 1 saturated heterocycles. The molecule has 7 nitrogen and oxygen atoms in total. The lowest BCUT2D eigenvalue weighted by atomic mass is 10.2. The van der Waals surface area contributed by atoms with Crippen LogP contribution in [0.4, 0.5) is 4.39 Å². The van der Waals surface area contributed by atoms with Crippen molar-refractivity contribution in [2.75, 3.05) is 39.5 Å². The van der Waals surface area contributed by atoms with Crippen molar-refractivity contribution in [3.05, 3.63) is 42.0 Å². The van der Waals surface area contributed by atoms with Crippen LogP contribution in [0.5, 0.6) is 0 Å². The van der Waals surface area contributed by atoms with E-state index in [2.05, 4.69) is 20.6 Å². The van der Waals surface area contributed by atoms with E-state index in [-0.39, 0.29) is 35.9 Å². The number of halogens is 2. The van der Waals surface area contributed by atoms with Crippen molar-refractivity contribution in [3.63, 3.8) is 0 Å². The van der Waals surface area contributed by atoms with Crippen molar-refractivity contribution in [1.82, 2.24) is 15.6 Å². The molecule has 2 aromatic rings. The summed E-state index contributed by atoms with van der Waals surface area (Å²) in [7, 11) is 0. The maximum atomic E-state index is 13.0. The molecule has 0 radical (unpaired) electrons. The smallest absolute Gasteiger partial charge is 0.226 e. The Labute approximate surface area is 200 Å². The summed E-state index contributed by atoms with van der Waals surface area (Å²) in [5, 5.41) is 6.55. The number of guanidine groups is 1. The van der Waals surface area contributed by atoms with E-state index < -0.39 is 0 Å². The van der Waals surface area contributed by atoms with Gasteiger partial charge in [0.2, 0.25) is 5.89 Å². The summed E-state index contributed by atoms with van der Waals surface area (Å²) >= 11 is 0. The first-order valence-electron chi connectivity index (χ1n) is 10.7. The molecule has 2 heterocycles. The van der Waals surface area contributed by atoms with E-state index in [1.165, 1.54) is 12.1 Å². The molecule has 1 aromatic heterocycles. The maximum Gasteiger partial charge on any atom is 0.226 e. The summed E-state index contributed by atoms with van der Waals surface area (Å²) in [5.41, 5.74) is 1.59. The second-order valence-electron chi connectivity index (χ2n) is 7.15. The number of hydrogen-bond donors (Lipinski definition) is 2. The van der Waals surface area contributed by atoms with Gasteiger partial charge in [0.1, 0.15) is 12.1 Å². The molecular weight excluding hydrogens is 514 g/mol. The van der Waals surface area contributed by atoms with Gasteiger partial charge in [-0.1, -0.05) is 0 Å². The monoisotopic (exact) mass is 546 g/mol. The van der Waals surface area contributed by atoms with Crippen LogP contribution in [0.3, 0.4) is 0 Å². The molecule has 3 rings (SSSR count). The summed E-state index contributed by atoms with van der Waals surface area (Å²) in [6.45, 7) is 6.43. The third-order valence-corrected chi connectivity index (χ3v) is 4.71. The van der Waals surface area contributed by atoms with E-state index >= 15 is 0 Å². The molecule has 1 aliphatic rings. The summed E-state index contributed by atoms with van der Waals surface area (Å²) in [4.78, 5) is 9.04. The van der Waals surface area contributed by atoms with Crippen molar-refractivity contribution < 1.29 is 18.3 Å². The SMILES string of the molecule is CCNC(=NCCCOCC1CCCO1)NCCc1coc(-c2ccc(F)cc2)n1.I. The van der Waals surface area contributed by atoms with Gasteiger partial charge in [-0.2, -0.15) is 0 Å². The first-order chi connectivity index (χ1) is 14.7. The van der Waals surface area contributed by atoms with E-state index in [9.17, 15) is 4.39 Å². The molecule has 31 heavy (non-hydrogen) atoms. The lowest BCUT2D eigenvalue weighted by molar-refractivity contribution is 0.0171. The van der Waals surface area contributed by atoms with Gasteiger partial charge in [-0.3, -0.25) is 4.99 Å². The van der Waals surface area contributed by atoms with Crippen LogP contribution >= 0.6 is 24.0 Å². The van der Waals surface area contributed by atoms with E-state index in [1.807, 2.05) is 6.92 Å². The van der Waals surface area contributed by atoms with Gasteiger partial charge >= 0.3 is 0 Å². The number of benzene rings is 1. The minimum atomic E-state index is -0.278.